The zero-order chi connectivity index (χ0) is 24.1. The van der Waals surface area contributed by atoms with Crippen molar-refractivity contribution in [1.82, 2.24) is 9.61 Å². The molecule has 3 aromatic heterocycles. The molecule has 0 N–H and O–H groups in total. The molecule has 0 atom stereocenters. The van der Waals surface area contributed by atoms with Gasteiger partial charge in [0.2, 0.25) is 0 Å². The third-order valence-electron chi connectivity index (χ3n) is 6.06. The number of hydrogen-bond donors (Lipinski definition) is 0. The maximum atomic E-state index is 11.9. The number of fused-ring (bicyclic) bond motifs is 1. The molecule has 0 radical (unpaired) electrons. The van der Waals surface area contributed by atoms with E-state index in [1.165, 1.54) is 5.56 Å². The summed E-state index contributed by atoms with van der Waals surface area (Å²) >= 11 is 1.70. The number of ether oxygens (including phenoxy) is 1. The summed E-state index contributed by atoms with van der Waals surface area (Å²) in [5, 5.41) is 16.8. The lowest BCUT2D eigenvalue weighted by Gasteiger charge is -2.18. The van der Waals surface area contributed by atoms with Gasteiger partial charge in [-0.05, 0) is 91.9 Å². The minimum Gasteiger partial charge on any atom is -0.466 e. The fourth-order valence-electron chi connectivity index (χ4n) is 4.39. The molecule has 0 unspecified atom stereocenters. The molecule has 0 saturated carbocycles. The standard InChI is InChI=1S/C28H29N3O2S/c1-4-22-13-14-24-26(21-10-8-9-20(17-21)18-29)23(11-6-7-12-25(32)33-5-2)27(30-31(22)24)28-19(3)15-16-34-28/h8-10,13-17H,4-7,11-12H2,1-3H3. The second kappa shape index (κ2) is 10.7. The monoisotopic (exact) mass is 471 g/mol. The highest BCUT2D eigenvalue weighted by Crippen LogP contribution is 2.39. The van der Waals surface area contributed by atoms with Crippen molar-refractivity contribution in [2.75, 3.05) is 6.61 Å². The number of aromatic nitrogens is 2. The summed E-state index contributed by atoms with van der Waals surface area (Å²) in [7, 11) is 0. The van der Waals surface area contributed by atoms with E-state index >= 15 is 0 Å². The predicted molar refractivity (Wildman–Crippen MR) is 137 cm³/mol. The van der Waals surface area contributed by atoms with Gasteiger partial charge in [0, 0.05) is 17.7 Å². The molecular weight excluding hydrogens is 442 g/mol. The molecule has 0 spiro atoms. The van der Waals surface area contributed by atoms with Crippen LogP contribution in [0.15, 0.2) is 47.8 Å². The van der Waals surface area contributed by atoms with Crippen molar-refractivity contribution in [1.29, 1.82) is 5.26 Å². The van der Waals surface area contributed by atoms with Crippen molar-refractivity contribution in [2.45, 2.75) is 52.9 Å². The summed E-state index contributed by atoms with van der Waals surface area (Å²) in [6.07, 6.45) is 3.68. The third kappa shape index (κ3) is 4.76. The molecule has 4 rings (SSSR count). The van der Waals surface area contributed by atoms with Gasteiger partial charge >= 0.3 is 5.97 Å². The van der Waals surface area contributed by atoms with Crippen LogP contribution in [0.3, 0.4) is 0 Å². The van der Waals surface area contributed by atoms with E-state index in [0.717, 1.165) is 64.2 Å². The van der Waals surface area contributed by atoms with Crippen LogP contribution in [-0.2, 0) is 22.4 Å². The van der Waals surface area contributed by atoms with Gasteiger partial charge in [-0.25, -0.2) is 4.52 Å². The molecule has 0 amide bonds. The van der Waals surface area contributed by atoms with Crippen molar-refractivity contribution in [3.8, 4) is 27.8 Å². The second-order valence-electron chi connectivity index (χ2n) is 8.31. The van der Waals surface area contributed by atoms with Gasteiger partial charge in [0.1, 0.15) is 5.69 Å². The van der Waals surface area contributed by atoms with Gasteiger partial charge in [0.05, 0.1) is 28.6 Å². The highest BCUT2D eigenvalue weighted by molar-refractivity contribution is 7.13. The molecule has 3 heterocycles. The third-order valence-corrected chi connectivity index (χ3v) is 7.08. The molecule has 0 aliphatic heterocycles. The zero-order valence-electron chi connectivity index (χ0n) is 19.9. The first-order chi connectivity index (χ1) is 16.6. The van der Waals surface area contributed by atoms with E-state index in [9.17, 15) is 10.1 Å². The number of rotatable bonds is 9. The summed E-state index contributed by atoms with van der Waals surface area (Å²) in [5.41, 5.74) is 8.32. The van der Waals surface area contributed by atoms with Crippen LogP contribution in [0.5, 0.6) is 0 Å². The Kier molecular flexibility index (Phi) is 7.44. The first-order valence-corrected chi connectivity index (χ1v) is 12.7. The summed E-state index contributed by atoms with van der Waals surface area (Å²) in [5.74, 6) is -0.147. The molecule has 6 heteroatoms. The molecule has 34 heavy (non-hydrogen) atoms. The van der Waals surface area contributed by atoms with Crippen LogP contribution >= 0.6 is 11.3 Å². The average molecular weight is 472 g/mol. The molecule has 5 nitrogen and oxygen atoms in total. The van der Waals surface area contributed by atoms with E-state index in [0.29, 0.717) is 18.6 Å². The minimum atomic E-state index is -0.147. The smallest absolute Gasteiger partial charge is 0.305 e. The van der Waals surface area contributed by atoms with Crippen LogP contribution in [0.1, 0.15) is 55.5 Å². The molecule has 0 aliphatic carbocycles. The molecule has 174 valence electrons. The fourth-order valence-corrected chi connectivity index (χ4v) is 5.33. The molecule has 4 aromatic rings. The maximum absolute atomic E-state index is 11.9. The first-order valence-electron chi connectivity index (χ1n) is 11.8. The largest absolute Gasteiger partial charge is 0.466 e. The van der Waals surface area contributed by atoms with Crippen molar-refractivity contribution < 1.29 is 9.53 Å². The van der Waals surface area contributed by atoms with Gasteiger partial charge in [-0.2, -0.15) is 10.4 Å². The van der Waals surface area contributed by atoms with Crippen LogP contribution in [0.25, 0.3) is 27.2 Å². The van der Waals surface area contributed by atoms with Gasteiger partial charge in [0.15, 0.2) is 0 Å². The normalized spacial score (nSPS) is 11.0. The fraction of sp³-hybridized carbons (Fsp3) is 0.321. The lowest BCUT2D eigenvalue weighted by molar-refractivity contribution is -0.143. The number of benzene rings is 1. The SMILES string of the molecule is CCOC(=O)CCCCc1c(-c2sccc2C)nn2c(CC)ccc2c1-c1cccc(C#N)c1. The lowest BCUT2D eigenvalue weighted by Crippen LogP contribution is -2.07. The Morgan fingerprint density at radius 1 is 1.18 bits per heavy atom. The summed E-state index contributed by atoms with van der Waals surface area (Å²) < 4.78 is 7.16. The van der Waals surface area contributed by atoms with Gasteiger partial charge in [-0.1, -0.05) is 19.1 Å². The van der Waals surface area contributed by atoms with Crippen LogP contribution < -0.4 is 0 Å². The zero-order valence-corrected chi connectivity index (χ0v) is 20.7. The van der Waals surface area contributed by atoms with Gasteiger partial charge in [-0.3, -0.25) is 4.79 Å². The average Bonchev–Trinajstić information content (AvgIpc) is 3.46. The molecule has 1 aromatic carbocycles. The van der Waals surface area contributed by atoms with Crippen LogP contribution in [-0.4, -0.2) is 22.2 Å². The van der Waals surface area contributed by atoms with E-state index in [4.69, 9.17) is 9.84 Å². The number of carbonyl (C=O) groups is 1. The topological polar surface area (TPSA) is 67.4 Å². The number of thiophene rings is 1. The van der Waals surface area contributed by atoms with E-state index in [1.54, 1.807) is 11.3 Å². The first kappa shape index (κ1) is 23.7. The number of nitrogens with zero attached hydrogens (tertiary/aromatic N) is 3. The van der Waals surface area contributed by atoms with Crippen LogP contribution in [0, 0.1) is 18.3 Å². The van der Waals surface area contributed by atoms with E-state index in [-0.39, 0.29) is 5.97 Å². The number of hydrogen-bond acceptors (Lipinski definition) is 5. The quantitative estimate of drug-likeness (QED) is 0.200. The Morgan fingerprint density at radius 2 is 2.03 bits per heavy atom. The number of unbranched alkanes of at least 4 members (excludes halogenated alkanes) is 1. The summed E-state index contributed by atoms with van der Waals surface area (Å²) in [4.78, 5) is 13.0. The van der Waals surface area contributed by atoms with Crippen LogP contribution in [0.2, 0.25) is 0 Å². The Balaban J connectivity index is 1.89. The van der Waals surface area contributed by atoms with E-state index in [2.05, 4.69) is 54.1 Å². The Hall–Kier alpha value is -3.43. The predicted octanol–water partition coefficient (Wildman–Crippen LogP) is 6.75. The van der Waals surface area contributed by atoms with E-state index in [1.807, 2.05) is 25.1 Å². The van der Waals surface area contributed by atoms with Crippen LogP contribution in [0.4, 0.5) is 0 Å². The number of nitriles is 1. The molecule has 0 fully saturated rings. The van der Waals surface area contributed by atoms with Gasteiger partial charge in [0.25, 0.3) is 0 Å². The Morgan fingerprint density at radius 3 is 2.74 bits per heavy atom. The number of aryl methyl sites for hydroxylation is 2. The maximum Gasteiger partial charge on any atom is 0.305 e. The molecular formula is C28H29N3O2S. The minimum absolute atomic E-state index is 0.147. The number of esters is 1. The van der Waals surface area contributed by atoms with Crippen molar-refractivity contribution in [3.05, 3.63) is 70.2 Å². The Bertz CT molecular complexity index is 1360. The number of carbonyl (C=O) groups excluding carboxylic acids is 1. The second-order valence-corrected chi connectivity index (χ2v) is 9.23. The highest BCUT2D eigenvalue weighted by atomic mass is 32.1. The summed E-state index contributed by atoms with van der Waals surface area (Å²) in [6, 6.07) is 16.5. The molecule has 0 bridgehead atoms. The Labute approximate surface area is 204 Å². The van der Waals surface area contributed by atoms with Crippen molar-refractivity contribution in [3.63, 3.8) is 0 Å². The van der Waals surface area contributed by atoms with Crippen molar-refractivity contribution in [2.24, 2.45) is 0 Å². The molecule has 0 saturated heterocycles. The van der Waals surface area contributed by atoms with Gasteiger partial charge in [-0.15, -0.1) is 11.3 Å². The van der Waals surface area contributed by atoms with Gasteiger partial charge < -0.3 is 4.74 Å². The summed E-state index contributed by atoms with van der Waals surface area (Å²) in [6.45, 7) is 6.50. The van der Waals surface area contributed by atoms with Crippen molar-refractivity contribution >= 4 is 22.8 Å². The highest BCUT2D eigenvalue weighted by Gasteiger charge is 2.21. The molecule has 0 aliphatic rings. The van der Waals surface area contributed by atoms with E-state index < -0.39 is 0 Å². The lowest BCUT2D eigenvalue weighted by atomic mass is 9.92.